The van der Waals surface area contributed by atoms with E-state index in [-0.39, 0.29) is 5.91 Å². The van der Waals surface area contributed by atoms with E-state index < -0.39 is 0 Å². The molecule has 0 aliphatic carbocycles. The van der Waals surface area contributed by atoms with Crippen molar-refractivity contribution in [1.29, 1.82) is 0 Å². The predicted molar refractivity (Wildman–Crippen MR) is 111 cm³/mol. The van der Waals surface area contributed by atoms with E-state index in [4.69, 9.17) is 16.6 Å². The Balaban J connectivity index is 1.37. The number of hydrogen-bond acceptors (Lipinski definition) is 3. The van der Waals surface area contributed by atoms with Crippen LogP contribution in [0.15, 0.2) is 66.7 Å². The van der Waals surface area contributed by atoms with E-state index in [2.05, 4.69) is 23.1 Å². The molecule has 4 nitrogen and oxygen atoms in total. The number of halogens is 1. The molecule has 0 atom stereocenters. The molecule has 136 valence electrons. The van der Waals surface area contributed by atoms with Crippen LogP contribution in [0.1, 0.15) is 5.56 Å². The van der Waals surface area contributed by atoms with E-state index in [9.17, 15) is 4.79 Å². The summed E-state index contributed by atoms with van der Waals surface area (Å²) in [6.45, 7) is 2.95. The van der Waals surface area contributed by atoms with E-state index in [1.807, 2.05) is 53.4 Å². The number of carbonyl (C=O) groups is 1. The van der Waals surface area contributed by atoms with Gasteiger partial charge in [-0.1, -0.05) is 41.9 Å². The van der Waals surface area contributed by atoms with Crippen LogP contribution in [-0.2, 0) is 4.79 Å². The summed E-state index contributed by atoms with van der Waals surface area (Å²) < 4.78 is 0. The minimum atomic E-state index is 0.0380. The van der Waals surface area contributed by atoms with Crippen molar-refractivity contribution in [2.75, 3.05) is 31.1 Å². The number of benzene rings is 2. The van der Waals surface area contributed by atoms with Gasteiger partial charge in [-0.3, -0.25) is 4.79 Å². The van der Waals surface area contributed by atoms with Crippen molar-refractivity contribution in [3.8, 4) is 0 Å². The van der Waals surface area contributed by atoms with Gasteiger partial charge in [0.05, 0.1) is 5.52 Å². The van der Waals surface area contributed by atoms with Gasteiger partial charge in [-0.15, -0.1) is 0 Å². The van der Waals surface area contributed by atoms with E-state index in [1.165, 1.54) is 0 Å². The lowest BCUT2D eigenvalue weighted by atomic mass is 10.2. The first-order valence-corrected chi connectivity index (χ1v) is 9.40. The van der Waals surface area contributed by atoms with Gasteiger partial charge in [-0.25, -0.2) is 4.98 Å². The highest BCUT2D eigenvalue weighted by molar-refractivity contribution is 6.30. The van der Waals surface area contributed by atoms with Crippen LogP contribution in [0, 0.1) is 0 Å². The Morgan fingerprint density at radius 1 is 0.926 bits per heavy atom. The zero-order chi connectivity index (χ0) is 18.6. The quantitative estimate of drug-likeness (QED) is 0.640. The van der Waals surface area contributed by atoms with Crippen molar-refractivity contribution in [2.45, 2.75) is 0 Å². The number of fused-ring (bicyclic) bond motifs is 1. The molecular weight excluding hydrogens is 358 g/mol. The molecule has 1 aliphatic rings. The minimum absolute atomic E-state index is 0.0380. The number of nitrogens with zero attached hydrogens (tertiary/aromatic N) is 3. The molecule has 0 N–H and O–H groups in total. The number of rotatable bonds is 3. The highest BCUT2D eigenvalue weighted by Crippen LogP contribution is 2.19. The van der Waals surface area contributed by atoms with E-state index >= 15 is 0 Å². The van der Waals surface area contributed by atoms with E-state index in [1.54, 1.807) is 6.08 Å². The summed E-state index contributed by atoms with van der Waals surface area (Å²) >= 11 is 5.88. The van der Waals surface area contributed by atoms with Crippen LogP contribution in [0.3, 0.4) is 0 Å². The number of amides is 1. The maximum Gasteiger partial charge on any atom is 0.246 e. The molecular formula is C22H20ClN3O. The molecule has 2 heterocycles. The lowest BCUT2D eigenvalue weighted by Crippen LogP contribution is -2.48. The summed E-state index contributed by atoms with van der Waals surface area (Å²) in [5.41, 5.74) is 1.96. The second kappa shape index (κ2) is 7.80. The van der Waals surface area contributed by atoms with Crippen molar-refractivity contribution >= 4 is 40.3 Å². The molecule has 1 saturated heterocycles. The number of para-hydroxylation sites is 1. The van der Waals surface area contributed by atoms with Gasteiger partial charge >= 0.3 is 0 Å². The fraction of sp³-hybridized carbons (Fsp3) is 0.182. The monoisotopic (exact) mass is 377 g/mol. The van der Waals surface area contributed by atoms with Crippen LogP contribution in [0.2, 0.25) is 5.02 Å². The van der Waals surface area contributed by atoms with E-state index in [0.29, 0.717) is 18.1 Å². The zero-order valence-electron chi connectivity index (χ0n) is 14.9. The number of piperazine rings is 1. The molecule has 1 amide bonds. The average molecular weight is 378 g/mol. The lowest BCUT2D eigenvalue weighted by Gasteiger charge is -2.35. The summed E-state index contributed by atoms with van der Waals surface area (Å²) in [5.74, 6) is 1.01. The van der Waals surface area contributed by atoms with Gasteiger partial charge in [-0.2, -0.15) is 0 Å². The van der Waals surface area contributed by atoms with Crippen LogP contribution in [0.5, 0.6) is 0 Å². The summed E-state index contributed by atoms with van der Waals surface area (Å²) in [6.07, 6.45) is 3.46. The van der Waals surface area contributed by atoms with Crippen molar-refractivity contribution in [2.24, 2.45) is 0 Å². The zero-order valence-corrected chi connectivity index (χ0v) is 15.6. The number of anilines is 1. The molecule has 4 rings (SSSR count). The Labute approximate surface area is 163 Å². The number of aromatic nitrogens is 1. The number of pyridine rings is 1. The molecule has 0 saturated carbocycles. The van der Waals surface area contributed by atoms with E-state index in [0.717, 1.165) is 35.4 Å². The van der Waals surface area contributed by atoms with Gasteiger partial charge in [0.2, 0.25) is 5.91 Å². The molecule has 27 heavy (non-hydrogen) atoms. The first-order valence-electron chi connectivity index (χ1n) is 9.02. The van der Waals surface area contributed by atoms with Crippen molar-refractivity contribution in [3.63, 3.8) is 0 Å². The van der Waals surface area contributed by atoms with Gasteiger partial charge < -0.3 is 9.80 Å². The second-order valence-electron chi connectivity index (χ2n) is 6.56. The smallest absolute Gasteiger partial charge is 0.246 e. The van der Waals surface area contributed by atoms with Crippen LogP contribution in [-0.4, -0.2) is 42.0 Å². The molecule has 0 bridgehead atoms. The predicted octanol–water partition coefficient (Wildman–Crippen LogP) is 4.25. The summed E-state index contributed by atoms with van der Waals surface area (Å²) in [5, 5.41) is 1.83. The highest BCUT2D eigenvalue weighted by atomic mass is 35.5. The number of carbonyl (C=O) groups excluding carboxylic acids is 1. The third kappa shape index (κ3) is 4.12. The van der Waals surface area contributed by atoms with Gasteiger partial charge in [-0.05, 0) is 42.0 Å². The first kappa shape index (κ1) is 17.6. The van der Waals surface area contributed by atoms with Gasteiger partial charge in [0.15, 0.2) is 0 Å². The van der Waals surface area contributed by atoms with Crippen LogP contribution in [0.25, 0.3) is 17.0 Å². The van der Waals surface area contributed by atoms with Crippen LogP contribution < -0.4 is 4.90 Å². The van der Waals surface area contributed by atoms with Crippen molar-refractivity contribution in [1.82, 2.24) is 9.88 Å². The SMILES string of the molecule is O=C(/C=C/c1ccc(Cl)cc1)N1CCN(c2ccc3ccccc3n2)CC1. The molecule has 5 heteroatoms. The third-order valence-electron chi connectivity index (χ3n) is 4.79. The fourth-order valence-corrected chi connectivity index (χ4v) is 3.36. The summed E-state index contributed by atoms with van der Waals surface area (Å²) in [4.78, 5) is 21.3. The number of hydrogen-bond donors (Lipinski definition) is 0. The molecule has 0 radical (unpaired) electrons. The Bertz CT molecular complexity index is 976. The summed E-state index contributed by atoms with van der Waals surface area (Å²) in [7, 11) is 0. The minimum Gasteiger partial charge on any atom is -0.353 e. The largest absolute Gasteiger partial charge is 0.353 e. The molecule has 1 aliphatic heterocycles. The molecule has 1 aromatic heterocycles. The van der Waals surface area contributed by atoms with Crippen molar-refractivity contribution in [3.05, 3.63) is 77.3 Å². The Kier molecular flexibility index (Phi) is 5.07. The van der Waals surface area contributed by atoms with Crippen LogP contribution >= 0.6 is 11.6 Å². The maximum absolute atomic E-state index is 12.4. The average Bonchev–Trinajstić information content (AvgIpc) is 2.73. The van der Waals surface area contributed by atoms with Crippen LogP contribution in [0.4, 0.5) is 5.82 Å². The standard InChI is InChI=1S/C22H20ClN3O/c23-19-9-5-17(6-10-19)7-12-22(27)26-15-13-25(14-16-26)21-11-8-18-3-1-2-4-20(18)24-21/h1-12H,13-16H2/b12-7+. The molecule has 0 spiro atoms. The Morgan fingerprint density at radius 3 is 2.44 bits per heavy atom. The Hall–Kier alpha value is -2.85. The molecule has 2 aromatic carbocycles. The first-order chi connectivity index (χ1) is 13.2. The van der Waals surface area contributed by atoms with Gasteiger partial charge in [0.1, 0.15) is 5.82 Å². The molecule has 3 aromatic rings. The van der Waals surface area contributed by atoms with Gasteiger partial charge in [0.25, 0.3) is 0 Å². The topological polar surface area (TPSA) is 36.4 Å². The Morgan fingerprint density at radius 2 is 1.67 bits per heavy atom. The fourth-order valence-electron chi connectivity index (χ4n) is 3.23. The molecule has 1 fully saturated rings. The maximum atomic E-state index is 12.4. The second-order valence-corrected chi connectivity index (χ2v) is 7.00. The van der Waals surface area contributed by atoms with Gasteiger partial charge in [0, 0.05) is 42.7 Å². The summed E-state index contributed by atoms with van der Waals surface area (Å²) in [6, 6.07) is 19.7. The highest BCUT2D eigenvalue weighted by Gasteiger charge is 2.20. The lowest BCUT2D eigenvalue weighted by molar-refractivity contribution is -0.126. The van der Waals surface area contributed by atoms with Crippen molar-refractivity contribution < 1.29 is 4.79 Å². The molecule has 0 unspecified atom stereocenters. The third-order valence-corrected chi connectivity index (χ3v) is 5.04. The normalized spacial score (nSPS) is 14.9.